The molecule has 0 radical (unpaired) electrons. The fourth-order valence-corrected chi connectivity index (χ4v) is 0.849. The second kappa shape index (κ2) is 2.93. The van der Waals surface area contributed by atoms with Gasteiger partial charge in [-0.15, -0.1) is 0 Å². The van der Waals surface area contributed by atoms with E-state index >= 15 is 0 Å². The summed E-state index contributed by atoms with van der Waals surface area (Å²) in [4.78, 5) is 10.6. The Balaban J connectivity index is 3.15. The van der Waals surface area contributed by atoms with Crippen molar-refractivity contribution in [2.45, 2.75) is 6.92 Å². The summed E-state index contributed by atoms with van der Waals surface area (Å²) in [5.41, 5.74) is 1.04. The van der Waals surface area contributed by atoms with Gasteiger partial charge in [-0.05, 0) is 36.2 Å². The summed E-state index contributed by atoms with van der Waals surface area (Å²) in [7, 11) is 0. The highest BCUT2D eigenvalue weighted by Gasteiger charge is 2.03. The Morgan fingerprint density at radius 2 is 2.18 bits per heavy atom. The van der Waals surface area contributed by atoms with Crippen molar-refractivity contribution in [2.75, 3.05) is 0 Å². The number of aryl methyl sites for hydroxylation is 1. The molecule has 0 amide bonds. The monoisotopic (exact) mass is 170 g/mol. The van der Waals surface area contributed by atoms with Crippen molar-refractivity contribution in [3.63, 3.8) is 0 Å². The summed E-state index contributed by atoms with van der Waals surface area (Å²) < 4.78 is 0. The number of aromatic hydroxyl groups is 1. The molecule has 0 bridgehead atoms. The fourth-order valence-electron chi connectivity index (χ4n) is 0.732. The molecule has 3 heteroatoms. The molecule has 0 atom stereocenters. The smallest absolute Gasteiger partial charge is 0.252 e. The molecule has 0 unspecified atom stereocenters. The molecular weight excluding hydrogens is 164 g/mol. The van der Waals surface area contributed by atoms with E-state index in [4.69, 9.17) is 16.7 Å². The molecule has 0 saturated heterocycles. The molecule has 58 valence electrons. The molecule has 1 aromatic carbocycles. The first-order valence-corrected chi connectivity index (χ1v) is 3.48. The van der Waals surface area contributed by atoms with Crippen molar-refractivity contribution < 1.29 is 9.90 Å². The molecule has 0 aromatic heterocycles. The van der Waals surface area contributed by atoms with E-state index in [0.717, 1.165) is 5.56 Å². The van der Waals surface area contributed by atoms with Gasteiger partial charge >= 0.3 is 0 Å². The average Bonchev–Trinajstić information content (AvgIpc) is 1.94. The molecule has 2 nitrogen and oxygen atoms in total. The third kappa shape index (κ3) is 1.71. The molecule has 0 heterocycles. The lowest BCUT2D eigenvalue weighted by Gasteiger charge is -1.98. The molecule has 1 rings (SSSR count). The van der Waals surface area contributed by atoms with Crippen LogP contribution in [0.4, 0.5) is 0 Å². The second-order valence-electron chi connectivity index (χ2n) is 2.27. The minimum atomic E-state index is -0.555. The fraction of sp³-hybridized carbons (Fsp3) is 0.125. The number of halogens is 1. The molecule has 0 aliphatic heterocycles. The molecular formula is C8H7ClO2. The Morgan fingerprint density at radius 3 is 2.64 bits per heavy atom. The molecule has 0 aliphatic rings. The summed E-state index contributed by atoms with van der Waals surface area (Å²) in [6.45, 7) is 1.75. The molecule has 0 aliphatic carbocycles. The molecule has 0 spiro atoms. The Labute approximate surface area is 69.4 Å². The topological polar surface area (TPSA) is 37.3 Å². The molecule has 11 heavy (non-hydrogen) atoms. The highest BCUT2D eigenvalue weighted by molar-refractivity contribution is 6.67. The van der Waals surface area contributed by atoms with Gasteiger partial charge < -0.3 is 5.11 Å². The van der Waals surface area contributed by atoms with E-state index in [1.807, 2.05) is 0 Å². The highest BCUT2D eigenvalue weighted by atomic mass is 35.5. The lowest BCUT2D eigenvalue weighted by atomic mass is 10.1. The minimum Gasteiger partial charge on any atom is -0.508 e. The SMILES string of the molecule is Cc1ccc(C(=O)Cl)cc1O. The van der Waals surface area contributed by atoms with E-state index in [1.165, 1.54) is 6.07 Å². The number of carbonyl (C=O) groups excluding carboxylic acids is 1. The second-order valence-corrected chi connectivity index (χ2v) is 2.62. The maximum atomic E-state index is 10.6. The maximum absolute atomic E-state index is 10.6. The Kier molecular flexibility index (Phi) is 2.15. The summed E-state index contributed by atoms with van der Waals surface area (Å²) >= 11 is 5.18. The van der Waals surface area contributed by atoms with Crippen LogP contribution in [0.2, 0.25) is 0 Å². The Hall–Kier alpha value is -1.02. The Morgan fingerprint density at radius 1 is 1.55 bits per heavy atom. The van der Waals surface area contributed by atoms with Gasteiger partial charge in [-0.1, -0.05) is 6.07 Å². The van der Waals surface area contributed by atoms with Gasteiger partial charge in [0.05, 0.1) is 0 Å². The molecule has 1 aromatic rings. The van der Waals surface area contributed by atoms with Gasteiger partial charge in [0, 0.05) is 5.56 Å². The lowest BCUT2D eigenvalue weighted by molar-refractivity contribution is 0.108. The molecule has 1 N–H and O–H groups in total. The van der Waals surface area contributed by atoms with Crippen molar-refractivity contribution in [3.8, 4) is 5.75 Å². The number of hydrogen-bond acceptors (Lipinski definition) is 2. The lowest BCUT2D eigenvalue weighted by Crippen LogP contribution is -1.88. The van der Waals surface area contributed by atoms with E-state index in [0.29, 0.717) is 5.56 Å². The summed E-state index contributed by atoms with van der Waals surface area (Å²) in [6.07, 6.45) is 0. The zero-order chi connectivity index (χ0) is 8.43. The quantitative estimate of drug-likeness (QED) is 0.656. The van der Waals surface area contributed by atoms with Crippen LogP contribution in [-0.2, 0) is 0 Å². The van der Waals surface area contributed by atoms with Gasteiger partial charge in [-0.2, -0.15) is 0 Å². The van der Waals surface area contributed by atoms with Crippen LogP contribution in [0.1, 0.15) is 15.9 Å². The Bertz CT molecular complexity index is 294. The van der Waals surface area contributed by atoms with Crippen LogP contribution in [-0.4, -0.2) is 10.3 Å². The van der Waals surface area contributed by atoms with Crippen molar-refractivity contribution >= 4 is 16.8 Å². The highest BCUT2D eigenvalue weighted by Crippen LogP contribution is 2.18. The largest absolute Gasteiger partial charge is 0.508 e. The third-order valence-corrected chi connectivity index (χ3v) is 1.65. The number of phenols is 1. The number of phenolic OH excluding ortho intramolecular Hbond substituents is 1. The van der Waals surface area contributed by atoms with Crippen LogP contribution in [0.25, 0.3) is 0 Å². The van der Waals surface area contributed by atoms with Gasteiger partial charge in [0.15, 0.2) is 0 Å². The van der Waals surface area contributed by atoms with Gasteiger partial charge in [-0.25, -0.2) is 0 Å². The van der Waals surface area contributed by atoms with E-state index in [1.54, 1.807) is 19.1 Å². The molecule has 0 saturated carbocycles. The normalized spacial score (nSPS) is 9.64. The third-order valence-electron chi connectivity index (χ3n) is 1.44. The van der Waals surface area contributed by atoms with Crippen LogP contribution in [0.15, 0.2) is 18.2 Å². The van der Waals surface area contributed by atoms with Crippen molar-refractivity contribution in [2.24, 2.45) is 0 Å². The number of hydrogen-bond donors (Lipinski definition) is 1. The predicted molar refractivity (Wildman–Crippen MR) is 43.0 cm³/mol. The summed E-state index contributed by atoms with van der Waals surface area (Å²) in [5, 5.41) is 8.58. The summed E-state index contributed by atoms with van der Waals surface area (Å²) in [6, 6.07) is 4.57. The van der Waals surface area contributed by atoms with Gasteiger partial charge in [0.2, 0.25) is 0 Å². The zero-order valence-corrected chi connectivity index (χ0v) is 6.72. The van der Waals surface area contributed by atoms with Crippen molar-refractivity contribution in [3.05, 3.63) is 29.3 Å². The van der Waals surface area contributed by atoms with Crippen LogP contribution < -0.4 is 0 Å². The van der Waals surface area contributed by atoms with E-state index in [-0.39, 0.29) is 5.75 Å². The minimum absolute atomic E-state index is 0.0940. The van der Waals surface area contributed by atoms with E-state index < -0.39 is 5.24 Å². The first-order chi connectivity index (χ1) is 5.11. The summed E-state index contributed by atoms with van der Waals surface area (Å²) in [5.74, 6) is 0.0940. The number of carbonyl (C=O) groups is 1. The van der Waals surface area contributed by atoms with E-state index in [9.17, 15) is 4.79 Å². The van der Waals surface area contributed by atoms with Crippen molar-refractivity contribution in [1.82, 2.24) is 0 Å². The van der Waals surface area contributed by atoms with Gasteiger partial charge in [0.1, 0.15) is 5.75 Å². The molecule has 0 fully saturated rings. The first-order valence-electron chi connectivity index (χ1n) is 3.10. The first kappa shape index (κ1) is 8.08. The predicted octanol–water partition coefficient (Wildman–Crippen LogP) is 2.08. The number of benzene rings is 1. The zero-order valence-electron chi connectivity index (χ0n) is 5.97. The standard InChI is InChI=1S/C8H7ClO2/c1-5-2-3-6(8(9)11)4-7(5)10/h2-4,10H,1H3. The van der Waals surface area contributed by atoms with Gasteiger partial charge in [-0.3, -0.25) is 4.79 Å². The van der Waals surface area contributed by atoms with Crippen LogP contribution in [0.3, 0.4) is 0 Å². The van der Waals surface area contributed by atoms with E-state index in [2.05, 4.69) is 0 Å². The van der Waals surface area contributed by atoms with Crippen molar-refractivity contribution in [1.29, 1.82) is 0 Å². The average molecular weight is 171 g/mol. The van der Waals surface area contributed by atoms with Gasteiger partial charge in [0.25, 0.3) is 5.24 Å². The van der Waals surface area contributed by atoms with Crippen LogP contribution >= 0.6 is 11.6 Å². The number of rotatable bonds is 1. The maximum Gasteiger partial charge on any atom is 0.252 e. The van der Waals surface area contributed by atoms with Crippen LogP contribution in [0.5, 0.6) is 5.75 Å². The van der Waals surface area contributed by atoms with Crippen LogP contribution in [0, 0.1) is 6.92 Å².